The van der Waals surface area contributed by atoms with E-state index in [1.165, 1.54) is 6.92 Å². The molecule has 6 heteroatoms. The number of nitrogens with zero attached hydrogens (tertiary/aromatic N) is 1. The highest BCUT2D eigenvalue weighted by Gasteiger charge is 2.28. The Morgan fingerprint density at radius 2 is 1.88 bits per heavy atom. The van der Waals surface area contributed by atoms with Gasteiger partial charge in [-0.3, -0.25) is 4.98 Å². The molecule has 0 bridgehead atoms. The summed E-state index contributed by atoms with van der Waals surface area (Å²) >= 11 is 0. The molecule has 0 unspecified atom stereocenters. The molecule has 0 radical (unpaired) electrons. The Morgan fingerprint density at radius 1 is 1.31 bits per heavy atom. The first-order chi connectivity index (χ1) is 7.38. The van der Waals surface area contributed by atoms with Gasteiger partial charge in [0, 0.05) is 6.07 Å². The van der Waals surface area contributed by atoms with Gasteiger partial charge in [-0.2, -0.15) is 13.2 Å². The van der Waals surface area contributed by atoms with E-state index in [0.29, 0.717) is 0 Å². The van der Waals surface area contributed by atoms with Crippen molar-refractivity contribution >= 4 is 0 Å². The van der Waals surface area contributed by atoms with Crippen molar-refractivity contribution in [3.8, 4) is 5.75 Å². The summed E-state index contributed by atoms with van der Waals surface area (Å²) < 4.78 is 52.1. The van der Waals surface area contributed by atoms with Crippen molar-refractivity contribution in [3.05, 3.63) is 23.8 Å². The van der Waals surface area contributed by atoms with Gasteiger partial charge in [-0.1, -0.05) is 13.8 Å². The number of alkyl halides is 3. The van der Waals surface area contributed by atoms with Gasteiger partial charge in [0.2, 0.25) is 0 Å². The van der Waals surface area contributed by atoms with Gasteiger partial charge in [-0.05, 0) is 6.92 Å². The molecule has 92 valence electrons. The third-order valence-corrected chi connectivity index (χ3v) is 1.40. The van der Waals surface area contributed by atoms with Gasteiger partial charge in [0.05, 0.1) is 11.9 Å². The van der Waals surface area contributed by atoms with Crippen LogP contribution in [0.25, 0.3) is 0 Å². The monoisotopic (exact) mass is 239 g/mol. The number of hydrogen-bond acceptors (Lipinski definition) is 2. The Bertz CT molecular complexity index is 325. The Hall–Kier alpha value is -1.33. The van der Waals surface area contributed by atoms with Crippen molar-refractivity contribution in [1.82, 2.24) is 4.98 Å². The first-order valence-electron chi connectivity index (χ1n) is 4.70. The predicted octanol–water partition coefficient (Wildman–Crippen LogP) is 3.50. The Morgan fingerprint density at radius 3 is 2.38 bits per heavy atom. The lowest BCUT2D eigenvalue weighted by atomic mass is 10.3. The number of aryl methyl sites for hydroxylation is 1. The summed E-state index contributed by atoms with van der Waals surface area (Å²) in [6, 6.07) is 0.869. The molecule has 0 saturated heterocycles. The molecule has 0 amide bonds. The van der Waals surface area contributed by atoms with Crippen LogP contribution in [0, 0.1) is 12.7 Å². The lowest BCUT2D eigenvalue weighted by Crippen LogP contribution is -2.19. The van der Waals surface area contributed by atoms with Crippen LogP contribution < -0.4 is 4.74 Å². The van der Waals surface area contributed by atoms with Gasteiger partial charge in [-0.25, -0.2) is 4.39 Å². The summed E-state index contributed by atoms with van der Waals surface area (Å²) in [5.41, 5.74) is 0.218. The van der Waals surface area contributed by atoms with Gasteiger partial charge < -0.3 is 4.74 Å². The van der Waals surface area contributed by atoms with E-state index in [2.05, 4.69) is 9.72 Å². The third-order valence-electron chi connectivity index (χ3n) is 1.40. The molecule has 1 rings (SSSR count). The minimum Gasteiger partial charge on any atom is -0.482 e. The Balaban J connectivity index is 0.00000106. The van der Waals surface area contributed by atoms with Gasteiger partial charge >= 0.3 is 6.18 Å². The second-order valence-electron chi connectivity index (χ2n) is 2.64. The van der Waals surface area contributed by atoms with Gasteiger partial charge in [-0.15, -0.1) is 0 Å². The molecule has 0 aliphatic heterocycles. The molecule has 0 aromatic carbocycles. The molecule has 1 aromatic rings. The minimum atomic E-state index is -4.43. The van der Waals surface area contributed by atoms with Crippen LogP contribution >= 0.6 is 0 Å². The van der Waals surface area contributed by atoms with Crippen LogP contribution in [0.5, 0.6) is 5.75 Å². The van der Waals surface area contributed by atoms with E-state index in [9.17, 15) is 17.6 Å². The van der Waals surface area contributed by atoms with Crippen LogP contribution in [-0.2, 0) is 0 Å². The molecular weight excluding hydrogens is 226 g/mol. The van der Waals surface area contributed by atoms with Crippen molar-refractivity contribution in [3.63, 3.8) is 0 Å². The molecule has 1 heterocycles. The molecule has 0 aliphatic carbocycles. The highest BCUT2D eigenvalue weighted by Crippen LogP contribution is 2.20. The topological polar surface area (TPSA) is 22.1 Å². The maximum absolute atomic E-state index is 12.5. The minimum absolute atomic E-state index is 0.192. The Kier molecular flexibility index (Phi) is 5.77. The fraction of sp³-hybridized carbons (Fsp3) is 0.500. The van der Waals surface area contributed by atoms with E-state index in [1.807, 2.05) is 13.8 Å². The van der Waals surface area contributed by atoms with Crippen LogP contribution in [0.15, 0.2) is 12.3 Å². The van der Waals surface area contributed by atoms with Crippen LogP contribution in [0.3, 0.4) is 0 Å². The van der Waals surface area contributed by atoms with Crippen LogP contribution in [0.1, 0.15) is 19.5 Å². The molecule has 1 aromatic heterocycles. The lowest BCUT2D eigenvalue weighted by molar-refractivity contribution is -0.153. The van der Waals surface area contributed by atoms with E-state index in [-0.39, 0.29) is 11.4 Å². The summed E-state index contributed by atoms with van der Waals surface area (Å²) in [7, 11) is 0. The van der Waals surface area contributed by atoms with Crippen LogP contribution in [-0.4, -0.2) is 17.8 Å². The molecule has 0 fully saturated rings. The van der Waals surface area contributed by atoms with E-state index >= 15 is 0 Å². The average Bonchev–Trinajstić information content (AvgIpc) is 2.21. The number of pyridine rings is 1. The van der Waals surface area contributed by atoms with Gasteiger partial charge in [0.1, 0.15) is 11.6 Å². The highest BCUT2D eigenvalue weighted by molar-refractivity contribution is 5.26. The van der Waals surface area contributed by atoms with E-state index in [4.69, 9.17) is 0 Å². The number of aromatic nitrogens is 1. The number of halogens is 4. The molecule has 16 heavy (non-hydrogen) atoms. The first-order valence-corrected chi connectivity index (χ1v) is 4.70. The number of rotatable bonds is 2. The molecule has 0 saturated carbocycles. The zero-order chi connectivity index (χ0) is 12.8. The fourth-order valence-electron chi connectivity index (χ4n) is 0.795. The van der Waals surface area contributed by atoms with E-state index in [0.717, 1.165) is 12.3 Å². The molecule has 0 N–H and O–H groups in total. The van der Waals surface area contributed by atoms with Crippen molar-refractivity contribution < 1.29 is 22.3 Å². The first kappa shape index (κ1) is 14.7. The maximum atomic E-state index is 12.5. The largest absolute Gasteiger partial charge is 0.482 e. The Labute approximate surface area is 91.3 Å². The van der Waals surface area contributed by atoms with Gasteiger partial charge in [0.15, 0.2) is 6.61 Å². The summed E-state index contributed by atoms with van der Waals surface area (Å²) in [5, 5.41) is 0. The van der Waals surface area contributed by atoms with Crippen molar-refractivity contribution in [2.75, 3.05) is 6.61 Å². The zero-order valence-corrected chi connectivity index (χ0v) is 9.23. The van der Waals surface area contributed by atoms with Crippen molar-refractivity contribution in [1.29, 1.82) is 0 Å². The molecule has 0 atom stereocenters. The zero-order valence-electron chi connectivity index (χ0n) is 9.23. The predicted molar refractivity (Wildman–Crippen MR) is 51.8 cm³/mol. The molecule has 0 aliphatic rings. The quantitative estimate of drug-likeness (QED) is 0.737. The third kappa shape index (κ3) is 5.53. The van der Waals surface area contributed by atoms with E-state index < -0.39 is 18.6 Å². The fourth-order valence-corrected chi connectivity index (χ4v) is 0.795. The standard InChI is InChI=1S/C8H7F4NO.C2H6/c1-5-7(2-6(9)3-13-5)14-4-8(10,11)12;1-2/h2-3H,4H2,1H3;1-2H3. The average molecular weight is 239 g/mol. The SMILES string of the molecule is CC.Cc1ncc(F)cc1OCC(F)(F)F. The smallest absolute Gasteiger partial charge is 0.422 e. The molecular formula is C10H13F4NO. The van der Waals surface area contributed by atoms with Crippen molar-refractivity contribution in [2.24, 2.45) is 0 Å². The summed E-state index contributed by atoms with van der Waals surface area (Å²) in [6.45, 7) is 3.99. The summed E-state index contributed by atoms with van der Waals surface area (Å²) in [5.74, 6) is -0.921. The second kappa shape index (κ2) is 6.30. The van der Waals surface area contributed by atoms with Crippen LogP contribution in [0.2, 0.25) is 0 Å². The number of ether oxygens (including phenoxy) is 1. The normalized spacial score (nSPS) is 10.4. The summed E-state index contributed by atoms with van der Waals surface area (Å²) in [6.07, 6.45) is -3.52. The summed E-state index contributed by atoms with van der Waals surface area (Å²) in [4.78, 5) is 3.51. The van der Waals surface area contributed by atoms with Crippen molar-refractivity contribution in [2.45, 2.75) is 26.9 Å². The van der Waals surface area contributed by atoms with Gasteiger partial charge in [0.25, 0.3) is 0 Å². The lowest BCUT2D eigenvalue weighted by Gasteiger charge is -2.10. The maximum Gasteiger partial charge on any atom is 0.422 e. The second-order valence-corrected chi connectivity index (χ2v) is 2.64. The van der Waals surface area contributed by atoms with E-state index in [1.54, 1.807) is 0 Å². The van der Waals surface area contributed by atoms with Crippen LogP contribution in [0.4, 0.5) is 17.6 Å². The highest BCUT2D eigenvalue weighted by atomic mass is 19.4. The number of hydrogen-bond donors (Lipinski definition) is 0. The molecule has 2 nitrogen and oxygen atoms in total. The molecule has 0 spiro atoms.